The standard InChI is InChI=1S/C20H32N2O4/c1-5-23-19(24-6-2)15-21-13-17-9-11-18(12-10-17)14-22-16-20(25-7-3)26-8-4/h9-12,15-16,19-20H,5-8,13-14H2,1-4H3. The molecule has 0 N–H and O–H groups in total. The predicted octanol–water partition coefficient (Wildman–Crippen LogP) is 3.63. The summed E-state index contributed by atoms with van der Waals surface area (Å²) in [5.41, 5.74) is 2.25. The van der Waals surface area contributed by atoms with E-state index in [1.165, 1.54) is 0 Å². The maximum absolute atomic E-state index is 5.43. The summed E-state index contributed by atoms with van der Waals surface area (Å²) >= 11 is 0. The van der Waals surface area contributed by atoms with Crippen molar-refractivity contribution >= 4 is 12.4 Å². The van der Waals surface area contributed by atoms with Gasteiger partial charge in [0.15, 0.2) is 12.6 Å². The number of benzene rings is 1. The summed E-state index contributed by atoms with van der Waals surface area (Å²) in [5, 5.41) is 0. The molecule has 26 heavy (non-hydrogen) atoms. The first-order valence-electron chi connectivity index (χ1n) is 9.27. The molecular weight excluding hydrogens is 332 g/mol. The molecule has 0 fully saturated rings. The zero-order valence-electron chi connectivity index (χ0n) is 16.4. The van der Waals surface area contributed by atoms with Gasteiger partial charge < -0.3 is 18.9 Å². The maximum Gasteiger partial charge on any atom is 0.193 e. The van der Waals surface area contributed by atoms with Crippen molar-refractivity contribution in [3.8, 4) is 0 Å². The second kappa shape index (κ2) is 14.6. The molecule has 0 aliphatic heterocycles. The summed E-state index contributed by atoms with van der Waals surface area (Å²) in [6, 6.07) is 8.23. The third-order valence-corrected chi connectivity index (χ3v) is 3.35. The molecule has 0 amide bonds. The Morgan fingerprint density at radius 3 is 1.23 bits per heavy atom. The normalized spacial score (nSPS) is 12.2. The van der Waals surface area contributed by atoms with Gasteiger partial charge in [-0.1, -0.05) is 24.3 Å². The van der Waals surface area contributed by atoms with E-state index in [2.05, 4.69) is 34.3 Å². The fourth-order valence-corrected chi connectivity index (χ4v) is 2.16. The summed E-state index contributed by atoms with van der Waals surface area (Å²) in [5.74, 6) is 0. The van der Waals surface area contributed by atoms with Crippen LogP contribution in [-0.4, -0.2) is 51.4 Å². The van der Waals surface area contributed by atoms with E-state index in [4.69, 9.17) is 18.9 Å². The summed E-state index contributed by atoms with van der Waals surface area (Å²) < 4.78 is 21.7. The van der Waals surface area contributed by atoms with Crippen LogP contribution in [0.4, 0.5) is 0 Å². The summed E-state index contributed by atoms with van der Waals surface area (Å²) in [6.07, 6.45) is 2.68. The highest BCUT2D eigenvalue weighted by molar-refractivity contribution is 5.61. The van der Waals surface area contributed by atoms with Crippen LogP contribution in [0.25, 0.3) is 0 Å². The van der Waals surface area contributed by atoms with Gasteiger partial charge in [-0.15, -0.1) is 0 Å². The van der Waals surface area contributed by atoms with Crippen LogP contribution in [0.3, 0.4) is 0 Å². The van der Waals surface area contributed by atoms with Crippen LogP contribution in [0.1, 0.15) is 38.8 Å². The van der Waals surface area contributed by atoms with Gasteiger partial charge in [0.1, 0.15) is 0 Å². The minimum Gasteiger partial charge on any atom is -0.348 e. The van der Waals surface area contributed by atoms with Crippen molar-refractivity contribution in [2.75, 3.05) is 26.4 Å². The van der Waals surface area contributed by atoms with Crippen LogP contribution in [0.2, 0.25) is 0 Å². The van der Waals surface area contributed by atoms with Crippen molar-refractivity contribution in [3.05, 3.63) is 35.4 Å². The molecule has 0 aliphatic carbocycles. The van der Waals surface area contributed by atoms with Crippen LogP contribution in [0.5, 0.6) is 0 Å². The van der Waals surface area contributed by atoms with Gasteiger partial charge in [0.2, 0.25) is 0 Å². The van der Waals surface area contributed by atoms with Crippen LogP contribution in [0, 0.1) is 0 Å². The summed E-state index contributed by atoms with van der Waals surface area (Å²) in [6.45, 7) is 11.3. The Bertz CT molecular complexity index is 458. The van der Waals surface area contributed by atoms with Gasteiger partial charge in [0.05, 0.1) is 25.5 Å². The lowest BCUT2D eigenvalue weighted by Crippen LogP contribution is -2.18. The monoisotopic (exact) mass is 364 g/mol. The highest BCUT2D eigenvalue weighted by atomic mass is 16.7. The van der Waals surface area contributed by atoms with Crippen molar-refractivity contribution in [1.82, 2.24) is 0 Å². The van der Waals surface area contributed by atoms with Crippen molar-refractivity contribution in [3.63, 3.8) is 0 Å². The van der Waals surface area contributed by atoms with Crippen molar-refractivity contribution in [2.45, 2.75) is 53.4 Å². The van der Waals surface area contributed by atoms with E-state index in [0.717, 1.165) is 11.1 Å². The van der Waals surface area contributed by atoms with Gasteiger partial charge >= 0.3 is 0 Å². The molecule has 1 aromatic rings. The SMILES string of the molecule is CCOC(C=NCc1ccc(CN=CC(OCC)OCC)cc1)OCC. The van der Waals surface area contributed by atoms with E-state index in [9.17, 15) is 0 Å². The summed E-state index contributed by atoms with van der Waals surface area (Å²) in [7, 11) is 0. The lowest BCUT2D eigenvalue weighted by molar-refractivity contribution is -0.0871. The zero-order chi connectivity index (χ0) is 19.0. The second-order valence-corrected chi connectivity index (χ2v) is 5.35. The lowest BCUT2D eigenvalue weighted by Gasteiger charge is -2.11. The molecule has 0 aromatic heterocycles. The van der Waals surface area contributed by atoms with Crippen LogP contribution in [-0.2, 0) is 32.0 Å². The fraction of sp³-hybridized carbons (Fsp3) is 0.600. The Balaban J connectivity index is 2.47. The van der Waals surface area contributed by atoms with Crippen LogP contribution in [0.15, 0.2) is 34.3 Å². The number of ether oxygens (including phenoxy) is 4. The zero-order valence-corrected chi connectivity index (χ0v) is 16.4. The lowest BCUT2D eigenvalue weighted by atomic mass is 10.1. The number of hydrogen-bond donors (Lipinski definition) is 0. The summed E-state index contributed by atoms with van der Waals surface area (Å²) in [4.78, 5) is 8.79. The van der Waals surface area contributed by atoms with E-state index in [0.29, 0.717) is 39.5 Å². The third kappa shape index (κ3) is 9.77. The Hall–Kier alpha value is -1.60. The smallest absolute Gasteiger partial charge is 0.193 e. The van der Waals surface area contributed by atoms with E-state index < -0.39 is 0 Å². The maximum atomic E-state index is 5.43. The Kier molecular flexibility index (Phi) is 12.6. The van der Waals surface area contributed by atoms with Crippen molar-refractivity contribution in [1.29, 1.82) is 0 Å². The Morgan fingerprint density at radius 1 is 0.654 bits per heavy atom. The van der Waals surface area contributed by atoms with Crippen molar-refractivity contribution in [2.24, 2.45) is 9.98 Å². The van der Waals surface area contributed by atoms with Gasteiger partial charge in [-0.2, -0.15) is 0 Å². The van der Waals surface area contributed by atoms with Gasteiger partial charge in [-0.05, 0) is 38.8 Å². The van der Waals surface area contributed by atoms with E-state index >= 15 is 0 Å². The first kappa shape index (κ1) is 22.4. The molecule has 1 rings (SSSR count). The number of aliphatic imine (C=N–C) groups is 2. The minimum atomic E-state index is -0.373. The van der Waals surface area contributed by atoms with E-state index in [-0.39, 0.29) is 12.6 Å². The molecule has 0 spiro atoms. The Morgan fingerprint density at radius 2 is 0.962 bits per heavy atom. The first-order chi connectivity index (χ1) is 12.7. The molecule has 0 saturated heterocycles. The minimum absolute atomic E-state index is 0.373. The average Bonchev–Trinajstić information content (AvgIpc) is 2.64. The molecule has 6 nitrogen and oxygen atoms in total. The van der Waals surface area contributed by atoms with Gasteiger partial charge in [0.25, 0.3) is 0 Å². The largest absolute Gasteiger partial charge is 0.348 e. The van der Waals surface area contributed by atoms with Crippen LogP contribution < -0.4 is 0 Å². The predicted molar refractivity (Wildman–Crippen MR) is 105 cm³/mol. The number of hydrogen-bond acceptors (Lipinski definition) is 6. The fourth-order valence-electron chi connectivity index (χ4n) is 2.16. The molecule has 0 aliphatic rings. The molecular formula is C20H32N2O4. The molecule has 0 heterocycles. The number of nitrogens with zero attached hydrogens (tertiary/aromatic N) is 2. The molecule has 0 atom stereocenters. The quantitative estimate of drug-likeness (QED) is 0.374. The molecule has 0 unspecified atom stereocenters. The van der Waals surface area contributed by atoms with Crippen molar-refractivity contribution < 1.29 is 18.9 Å². The van der Waals surface area contributed by atoms with Gasteiger partial charge in [-0.3, -0.25) is 9.98 Å². The third-order valence-electron chi connectivity index (χ3n) is 3.35. The van der Waals surface area contributed by atoms with E-state index in [1.54, 1.807) is 12.4 Å². The first-order valence-corrected chi connectivity index (χ1v) is 9.27. The van der Waals surface area contributed by atoms with Crippen LogP contribution >= 0.6 is 0 Å². The van der Waals surface area contributed by atoms with Gasteiger partial charge in [0, 0.05) is 26.4 Å². The second-order valence-electron chi connectivity index (χ2n) is 5.35. The molecule has 1 aromatic carbocycles. The molecule has 0 bridgehead atoms. The topological polar surface area (TPSA) is 61.6 Å². The molecule has 0 radical (unpaired) electrons. The highest BCUT2D eigenvalue weighted by Gasteiger charge is 2.04. The average molecular weight is 364 g/mol. The number of rotatable bonds is 14. The molecule has 146 valence electrons. The molecule has 6 heteroatoms. The van der Waals surface area contributed by atoms with Gasteiger partial charge in [-0.25, -0.2) is 0 Å². The highest BCUT2D eigenvalue weighted by Crippen LogP contribution is 2.07. The Labute approximate surface area is 157 Å². The molecule has 0 saturated carbocycles. The van der Waals surface area contributed by atoms with E-state index in [1.807, 2.05) is 27.7 Å².